The number of alkyl carbamates (subject to hydrolysis) is 1. The Morgan fingerprint density at radius 2 is 2.11 bits per heavy atom. The van der Waals surface area contributed by atoms with E-state index in [1.807, 2.05) is 12.1 Å². The average molecular weight is 264 g/mol. The number of carbonyl (C=O) groups is 1. The van der Waals surface area contributed by atoms with Crippen molar-refractivity contribution in [2.75, 3.05) is 38.8 Å². The maximum atomic E-state index is 11.0. The van der Waals surface area contributed by atoms with Crippen LogP contribution in [0.2, 0.25) is 0 Å². The van der Waals surface area contributed by atoms with Crippen LogP contribution < -0.4 is 15.0 Å². The van der Waals surface area contributed by atoms with E-state index in [-0.39, 0.29) is 6.09 Å². The van der Waals surface area contributed by atoms with Crippen LogP contribution in [0.1, 0.15) is 6.42 Å². The highest BCUT2D eigenvalue weighted by Gasteiger charge is 2.23. The molecule has 1 atom stereocenters. The molecule has 0 aromatic heterocycles. The molecular weight excluding hydrogens is 244 g/mol. The second-order valence-electron chi connectivity index (χ2n) is 4.67. The van der Waals surface area contributed by atoms with Crippen molar-refractivity contribution in [3.63, 3.8) is 0 Å². The average Bonchev–Trinajstić information content (AvgIpc) is 2.93. The van der Waals surface area contributed by atoms with Gasteiger partial charge in [0.1, 0.15) is 5.75 Å². The number of hydrogen-bond acceptors (Lipinski definition) is 4. The standard InChI is InChI=1S/C14H20N2O3/c1-18-13-5-3-12(4-6-13)16-8-7-11(10-16)9-15-14(17)19-2/h3-6,11H,7-10H2,1-2H3,(H,15,17). The third kappa shape index (κ3) is 3.53. The first-order valence-corrected chi connectivity index (χ1v) is 6.43. The van der Waals surface area contributed by atoms with Gasteiger partial charge in [-0.2, -0.15) is 0 Å². The minimum absolute atomic E-state index is 0.358. The SMILES string of the molecule is COC(=O)NCC1CCN(c2ccc(OC)cc2)C1. The van der Waals surface area contributed by atoms with E-state index in [9.17, 15) is 4.79 Å². The quantitative estimate of drug-likeness (QED) is 0.902. The molecule has 1 heterocycles. The summed E-state index contributed by atoms with van der Waals surface area (Å²) in [5.41, 5.74) is 1.20. The second kappa shape index (κ2) is 6.31. The van der Waals surface area contributed by atoms with Crippen LogP contribution in [0.15, 0.2) is 24.3 Å². The van der Waals surface area contributed by atoms with Crippen LogP contribution >= 0.6 is 0 Å². The third-order valence-corrected chi connectivity index (χ3v) is 3.44. The lowest BCUT2D eigenvalue weighted by Crippen LogP contribution is -2.30. The molecule has 104 valence electrons. The first-order chi connectivity index (χ1) is 9.22. The van der Waals surface area contributed by atoms with E-state index in [2.05, 4.69) is 27.1 Å². The molecule has 1 aliphatic heterocycles. The van der Waals surface area contributed by atoms with Gasteiger partial charge in [-0.3, -0.25) is 0 Å². The van der Waals surface area contributed by atoms with Crippen LogP contribution in [-0.4, -0.2) is 39.9 Å². The predicted octanol–water partition coefficient (Wildman–Crippen LogP) is 1.88. The Morgan fingerprint density at radius 1 is 1.37 bits per heavy atom. The van der Waals surface area contributed by atoms with Gasteiger partial charge < -0.3 is 19.7 Å². The van der Waals surface area contributed by atoms with Crippen molar-refractivity contribution < 1.29 is 14.3 Å². The zero-order valence-corrected chi connectivity index (χ0v) is 11.4. The van der Waals surface area contributed by atoms with E-state index in [0.717, 1.165) is 25.3 Å². The molecule has 1 aromatic rings. The van der Waals surface area contributed by atoms with E-state index in [0.29, 0.717) is 12.5 Å². The fourth-order valence-corrected chi connectivity index (χ4v) is 2.33. The highest BCUT2D eigenvalue weighted by atomic mass is 16.5. The van der Waals surface area contributed by atoms with Gasteiger partial charge in [0, 0.05) is 25.3 Å². The molecule has 5 nitrogen and oxygen atoms in total. The molecule has 0 saturated carbocycles. The lowest BCUT2D eigenvalue weighted by Gasteiger charge is -2.19. The number of hydrogen-bond donors (Lipinski definition) is 1. The fraction of sp³-hybridized carbons (Fsp3) is 0.500. The number of benzene rings is 1. The normalized spacial score (nSPS) is 18.2. The van der Waals surface area contributed by atoms with Crippen LogP contribution in [-0.2, 0) is 4.74 Å². The van der Waals surface area contributed by atoms with E-state index in [4.69, 9.17) is 4.74 Å². The van der Waals surface area contributed by atoms with Gasteiger partial charge >= 0.3 is 6.09 Å². The summed E-state index contributed by atoms with van der Waals surface area (Å²) < 4.78 is 9.72. The lowest BCUT2D eigenvalue weighted by atomic mass is 10.1. The zero-order valence-electron chi connectivity index (χ0n) is 11.4. The minimum Gasteiger partial charge on any atom is -0.497 e. The molecule has 19 heavy (non-hydrogen) atoms. The van der Waals surface area contributed by atoms with Crippen LogP contribution in [0.3, 0.4) is 0 Å². The number of carbonyl (C=O) groups excluding carboxylic acids is 1. The number of amides is 1. The number of nitrogens with zero attached hydrogens (tertiary/aromatic N) is 1. The molecule has 0 spiro atoms. The Balaban J connectivity index is 1.85. The molecule has 1 amide bonds. The molecule has 0 bridgehead atoms. The summed E-state index contributed by atoms with van der Waals surface area (Å²) in [6.07, 6.45) is 0.721. The molecule has 1 aliphatic rings. The third-order valence-electron chi connectivity index (χ3n) is 3.44. The van der Waals surface area contributed by atoms with Gasteiger partial charge in [-0.05, 0) is 36.6 Å². The van der Waals surface area contributed by atoms with Crippen molar-refractivity contribution in [1.29, 1.82) is 0 Å². The summed E-state index contributed by atoms with van der Waals surface area (Å²) in [4.78, 5) is 13.4. The van der Waals surface area contributed by atoms with Crippen molar-refractivity contribution in [2.45, 2.75) is 6.42 Å². The summed E-state index contributed by atoms with van der Waals surface area (Å²) in [5, 5.41) is 2.76. The van der Waals surface area contributed by atoms with Crippen molar-refractivity contribution in [1.82, 2.24) is 5.32 Å². The number of rotatable bonds is 4. The molecule has 1 saturated heterocycles. The van der Waals surface area contributed by atoms with Crippen molar-refractivity contribution in [3.8, 4) is 5.75 Å². The Morgan fingerprint density at radius 3 is 2.74 bits per heavy atom. The monoisotopic (exact) mass is 264 g/mol. The predicted molar refractivity (Wildman–Crippen MR) is 73.7 cm³/mol. The largest absolute Gasteiger partial charge is 0.497 e. The van der Waals surface area contributed by atoms with Gasteiger partial charge in [0.05, 0.1) is 14.2 Å². The van der Waals surface area contributed by atoms with Crippen LogP contribution in [0.5, 0.6) is 5.75 Å². The highest BCUT2D eigenvalue weighted by Crippen LogP contribution is 2.25. The van der Waals surface area contributed by atoms with Crippen LogP contribution in [0, 0.1) is 5.92 Å². The van der Waals surface area contributed by atoms with E-state index in [1.165, 1.54) is 12.8 Å². The molecule has 1 N–H and O–H groups in total. The van der Waals surface area contributed by atoms with Crippen molar-refractivity contribution in [2.24, 2.45) is 5.92 Å². The zero-order chi connectivity index (χ0) is 13.7. The van der Waals surface area contributed by atoms with Gasteiger partial charge in [0.15, 0.2) is 0 Å². The van der Waals surface area contributed by atoms with E-state index >= 15 is 0 Å². The van der Waals surface area contributed by atoms with Crippen LogP contribution in [0.4, 0.5) is 10.5 Å². The molecule has 0 radical (unpaired) electrons. The summed E-state index contributed by atoms with van der Waals surface area (Å²) >= 11 is 0. The first-order valence-electron chi connectivity index (χ1n) is 6.43. The molecule has 5 heteroatoms. The van der Waals surface area contributed by atoms with Crippen molar-refractivity contribution >= 4 is 11.8 Å². The minimum atomic E-state index is -0.358. The Bertz CT molecular complexity index is 419. The maximum absolute atomic E-state index is 11.0. The number of anilines is 1. The Labute approximate surface area is 113 Å². The van der Waals surface area contributed by atoms with E-state index < -0.39 is 0 Å². The maximum Gasteiger partial charge on any atom is 0.406 e. The van der Waals surface area contributed by atoms with Gasteiger partial charge in [0.2, 0.25) is 0 Å². The number of nitrogens with one attached hydrogen (secondary N) is 1. The van der Waals surface area contributed by atoms with Crippen LogP contribution in [0.25, 0.3) is 0 Å². The Kier molecular flexibility index (Phi) is 4.49. The van der Waals surface area contributed by atoms with Gasteiger partial charge in [0.25, 0.3) is 0 Å². The van der Waals surface area contributed by atoms with E-state index in [1.54, 1.807) is 7.11 Å². The molecule has 1 unspecified atom stereocenters. The molecular formula is C14H20N2O3. The van der Waals surface area contributed by atoms with Gasteiger partial charge in [-0.1, -0.05) is 0 Å². The topological polar surface area (TPSA) is 50.8 Å². The second-order valence-corrected chi connectivity index (χ2v) is 4.67. The lowest BCUT2D eigenvalue weighted by molar-refractivity contribution is 0.169. The summed E-state index contributed by atoms with van der Waals surface area (Å²) in [6.45, 7) is 2.63. The Hall–Kier alpha value is -1.91. The number of methoxy groups -OCH3 is 2. The molecule has 1 fully saturated rings. The van der Waals surface area contributed by atoms with Gasteiger partial charge in [-0.25, -0.2) is 4.79 Å². The first kappa shape index (κ1) is 13.5. The van der Waals surface area contributed by atoms with Gasteiger partial charge in [-0.15, -0.1) is 0 Å². The summed E-state index contributed by atoms with van der Waals surface area (Å²) in [6, 6.07) is 8.06. The highest BCUT2D eigenvalue weighted by molar-refractivity contribution is 5.66. The summed E-state index contributed by atoms with van der Waals surface area (Å²) in [7, 11) is 3.05. The smallest absolute Gasteiger partial charge is 0.406 e. The fourth-order valence-electron chi connectivity index (χ4n) is 2.33. The number of ether oxygens (including phenoxy) is 2. The molecule has 1 aromatic carbocycles. The summed E-state index contributed by atoms with van der Waals surface area (Å²) in [5.74, 6) is 1.34. The van der Waals surface area contributed by atoms with Crippen molar-refractivity contribution in [3.05, 3.63) is 24.3 Å². The molecule has 2 rings (SSSR count). The molecule has 0 aliphatic carbocycles.